The molecule has 0 radical (unpaired) electrons. The smallest absolute Gasteiger partial charge is 0.191 e. The first-order chi connectivity index (χ1) is 13.7. The molecule has 0 aromatic heterocycles. The van der Waals surface area contributed by atoms with Gasteiger partial charge in [-0.15, -0.1) is 0 Å². The summed E-state index contributed by atoms with van der Waals surface area (Å²) in [5.41, 5.74) is 2.26. The molecule has 3 unspecified atom stereocenters. The summed E-state index contributed by atoms with van der Waals surface area (Å²) in [7, 11) is 0.998. The van der Waals surface area contributed by atoms with Gasteiger partial charge in [0, 0.05) is 53.7 Å². The Labute approximate surface area is 172 Å². The molecule has 0 aliphatic heterocycles. The molecule has 0 saturated heterocycles. The summed E-state index contributed by atoms with van der Waals surface area (Å²) < 4.78 is 17.2. The summed E-state index contributed by atoms with van der Waals surface area (Å²) >= 11 is 0. The Hall–Kier alpha value is -1.60. The third-order valence-corrected chi connectivity index (χ3v) is 6.72. The zero-order chi connectivity index (χ0) is 20.2. The number of anilines is 1. The molecule has 7 heteroatoms. The van der Waals surface area contributed by atoms with Gasteiger partial charge in [-0.25, -0.2) is 4.99 Å². The van der Waals surface area contributed by atoms with E-state index in [-0.39, 0.29) is 0 Å². The first-order valence-electron chi connectivity index (χ1n) is 10.4. The van der Waals surface area contributed by atoms with E-state index in [0.29, 0.717) is 24.4 Å². The van der Waals surface area contributed by atoms with Gasteiger partial charge < -0.3 is 20.7 Å². The van der Waals surface area contributed by atoms with Crippen LogP contribution in [0.15, 0.2) is 29.3 Å². The van der Waals surface area contributed by atoms with E-state index in [2.05, 4.69) is 47.1 Å². The van der Waals surface area contributed by atoms with Crippen LogP contribution in [-0.2, 0) is 22.1 Å². The van der Waals surface area contributed by atoms with Gasteiger partial charge in [0.15, 0.2) is 5.96 Å². The lowest BCUT2D eigenvalue weighted by Crippen LogP contribution is -2.46. The molecule has 1 fully saturated rings. The van der Waals surface area contributed by atoms with Gasteiger partial charge in [0.1, 0.15) is 0 Å². The third-order valence-electron chi connectivity index (χ3n) is 4.98. The molecule has 0 spiro atoms. The zero-order valence-electron chi connectivity index (χ0n) is 17.5. The van der Waals surface area contributed by atoms with Crippen LogP contribution in [-0.4, -0.2) is 54.0 Å². The van der Waals surface area contributed by atoms with Crippen molar-refractivity contribution in [2.45, 2.75) is 57.4 Å². The molecule has 2 rings (SSSR count). The zero-order valence-corrected chi connectivity index (χ0v) is 18.3. The monoisotopic (exact) mass is 408 g/mol. The van der Waals surface area contributed by atoms with E-state index in [1.807, 2.05) is 6.92 Å². The van der Waals surface area contributed by atoms with E-state index in [0.717, 1.165) is 56.2 Å². The van der Waals surface area contributed by atoms with Crippen LogP contribution in [0.2, 0.25) is 0 Å². The van der Waals surface area contributed by atoms with Crippen molar-refractivity contribution in [1.29, 1.82) is 0 Å². The largest absolute Gasteiger partial charge is 0.383 e. The molecule has 1 aromatic rings. The SMILES string of the molecule is CCNC(=NCc1ccc(NCCOC)cc1)NC1CCCC(S(=O)CC)C1. The van der Waals surface area contributed by atoms with Gasteiger partial charge in [0.2, 0.25) is 0 Å². The fraction of sp³-hybridized carbons (Fsp3) is 0.667. The molecule has 3 N–H and O–H groups in total. The Morgan fingerprint density at radius 2 is 2.04 bits per heavy atom. The second-order valence-electron chi connectivity index (χ2n) is 7.11. The summed E-state index contributed by atoms with van der Waals surface area (Å²) in [4.78, 5) is 4.75. The second-order valence-corrected chi connectivity index (χ2v) is 9.12. The number of aliphatic imine (C=N–C) groups is 1. The van der Waals surface area contributed by atoms with Gasteiger partial charge >= 0.3 is 0 Å². The van der Waals surface area contributed by atoms with Crippen LogP contribution >= 0.6 is 0 Å². The fourth-order valence-corrected chi connectivity index (χ4v) is 4.81. The number of nitrogens with zero attached hydrogens (tertiary/aromatic N) is 1. The maximum absolute atomic E-state index is 12.2. The van der Waals surface area contributed by atoms with Crippen molar-refractivity contribution in [1.82, 2.24) is 10.6 Å². The van der Waals surface area contributed by atoms with E-state index in [1.54, 1.807) is 7.11 Å². The summed E-state index contributed by atoms with van der Waals surface area (Å²) in [6, 6.07) is 8.70. The Morgan fingerprint density at radius 3 is 2.71 bits per heavy atom. The molecule has 6 nitrogen and oxygen atoms in total. The summed E-state index contributed by atoms with van der Waals surface area (Å²) in [6.45, 7) is 7.03. The lowest BCUT2D eigenvalue weighted by atomic mass is 9.95. The minimum absolute atomic E-state index is 0.317. The first-order valence-corrected chi connectivity index (χ1v) is 11.8. The van der Waals surface area contributed by atoms with Gasteiger partial charge in [0.05, 0.1) is 13.2 Å². The molecule has 158 valence electrons. The molecular formula is C21H36N4O2S. The predicted molar refractivity (Wildman–Crippen MR) is 119 cm³/mol. The van der Waals surface area contributed by atoms with Crippen molar-refractivity contribution in [2.75, 3.05) is 37.9 Å². The molecule has 3 atom stereocenters. The first kappa shape index (κ1) is 22.7. The molecule has 28 heavy (non-hydrogen) atoms. The Bertz CT molecular complexity index is 621. The number of ether oxygens (including phenoxy) is 1. The molecule has 0 heterocycles. The number of rotatable bonds is 10. The number of benzene rings is 1. The van der Waals surface area contributed by atoms with Gasteiger partial charge in [-0.3, -0.25) is 4.21 Å². The Kier molecular flexibility index (Phi) is 10.4. The number of hydrogen-bond acceptors (Lipinski definition) is 4. The molecule has 0 amide bonds. The molecule has 1 aromatic carbocycles. The van der Waals surface area contributed by atoms with Crippen LogP contribution in [0.4, 0.5) is 5.69 Å². The van der Waals surface area contributed by atoms with E-state index in [4.69, 9.17) is 9.73 Å². The highest BCUT2D eigenvalue weighted by Crippen LogP contribution is 2.23. The average molecular weight is 409 g/mol. The van der Waals surface area contributed by atoms with Crippen molar-refractivity contribution in [3.8, 4) is 0 Å². The summed E-state index contributed by atoms with van der Waals surface area (Å²) in [5, 5.41) is 10.5. The minimum Gasteiger partial charge on any atom is -0.383 e. The van der Waals surface area contributed by atoms with Crippen LogP contribution in [0.25, 0.3) is 0 Å². The number of hydrogen-bond donors (Lipinski definition) is 3. The maximum atomic E-state index is 12.2. The van der Waals surface area contributed by atoms with E-state index in [9.17, 15) is 4.21 Å². The van der Waals surface area contributed by atoms with Crippen molar-refractivity contribution in [3.05, 3.63) is 29.8 Å². The van der Waals surface area contributed by atoms with E-state index >= 15 is 0 Å². The van der Waals surface area contributed by atoms with Crippen molar-refractivity contribution >= 4 is 22.4 Å². The molecule has 1 aliphatic rings. The quantitative estimate of drug-likeness (QED) is 0.315. The molecule has 1 saturated carbocycles. The van der Waals surface area contributed by atoms with Gasteiger partial charge in [-0.2, -0.15) is 0 Å². The fourth-order valence-electron chi connectivity index (χ4n) is 3.46. The lowest BCUT2D eigenvalue weighted by Gasteiger charge is -2.30. The van der Waals surface area contributed by atoms with Crippen molar-refractivity contribution in [3.63, 3.8) is 0 Å². The van der Waals surface area contributed by atoms with E-state index < -0.39 is 10.8 Å². The standard InChI is InChI=1S/C21H36N4O2S/c1-4-22-21(25-19-7-6-8-20(15-19)28(26)5-2)24-16-17-9-11-18(12-10-17)23-13-14-27-3/h9-12,19-20,23H,4-8,13-16H2,1-3H3,(H2,22,24,25). The van der Waals surface area contributed by atoms with Crippen LogP contribution in [0.5, 0.6) is 0 Å². The maximum Gasteiger partial charge on any atom is 0.191 e. The van der Waals surface area contributed by atoms with E-state index in [1.165, 1.54) is 5.56 Å². The van der Waals surface area contributed by atoms with Crippen LogP contribution < -0.4 is 16.0 Å². The van der Waals surface area contributed by atoms with Crippen LogP contribution in [0, 0.1) is 0 Å². The van der Waals surface area contributed by atoms with Crippen LogP contribution in [0.1, 0.15) is 45.1 Å². The van der Waals surface area contributed by atoms with Crippen molar-refractivity contribution in [2.24, 2.45) is 4.99 Å². The highest BCUT2D eigenvalue weighted by molar-refractivity contribution is 7.85. The molecule has 0 bridgehead atoms. The lowest BCUT2D eigenvalue weighted by molar-refractivity contribution is 0.211. The third kappa shape index (κ3) is 7.80. The van der Waals surface area contributed by atoms with Gasteiger partial charge in [-0.1, -0.05) is 25.5 Å². The molecule has 1 aliphatic carbocycles. The predicted octanol–water partition coefficient (Wildman–Crippen LogP) is 2.88. The minimum atomic E-state index is -0.706. The number of guanidine groups is 1. The highest BCUT2D eigenvalue weighted by Gasteiger charge is 2.25. The van der Waals surface area contributed by atoms with Crippen molar-refractivity contribution < 1.29 is 8.95 Å². The number of nitrogens with one attached hydrogen (secondary N) is 3. The normalized spacial score (nSPS) is 21.2. The highest BCUT2D eigenvalue weighted by atomic mass is 32.2. The Balaban J connectivity index is 1.90. The number of methoxy groups -OCH3 is 1. The van der Waals surface area contributed by atoms with Crippen LogP contribution in [0.3, 0.4) is 0 Å². The summed E-state index contributed by atoms with van der Waals surface area (Å²) in [6.07, 6.45) is 4.29. The second kappa shape index (κ2) is 12.8. The summed E-state index contributed by atoms with van der Waals surface area (Å²) in [5.74, 6) is 1.60. The molecular weight excluding hydrogens is 372 g/mol. The average Bonchev–Trinajstić information content (AvgIpc) is 2.73. The van der Waals surface area contributed by atoms with Gasteiger partial charge in [0.25, 0.3) is 0 Å². The van der Waals surface area contributed by atoms with Gasteiger partial charge in [-0.05, 0) is 43.9 Å². The topological polar surface area (TPSA) is 74.8 Å². The Morgan fingerprint density at radius 1 is 1.25 bits per heavy atom.